The van der Waals surface area contributed by atoms with Gasteiger partial charge < -0.3 is 5.32 Å². The van der Waals surface area contributed by atoms with Crippen LogP contribution in [0.2, 0.25) is 0 Å². The molecule has 0 radical (unpaired) electrons. The number of rotatable bonds is 8. The maximum atomic E-state index is 12.5. The predicted octanol–water partition coefficient (Wildman–Crippen LogP) is 6.48. The van der Waals surface area contributed by atoms with E-state index in [0.717, 1.165) is 30.5 Å². The number of anilines is 1. The van der Waals surface area contributed by atoms with Gasteiger partial charge in [-0.3, -0.25) is 4.79 Å². The van der Waals surface area contributed by atoms with Gasteiger partial charge in [-0.1, -0.05) is 49.8 Å². The lowest BCUT2D eigenvalue weighted by molar-refractivity contribution is 0.102. The summed E-state index contributed by atoms with van der Waals surface area (Å²) < 4.78 is 0. The minimum absolute atomic E-state index is 0.0893. The lowest BCUT2D eigenvalue weighted by atomic mass is 9.91. The van der Waals surface area contributed by atoms with Crippen LogP contribution in [0, 0.1) is 0 Å². The van der Waals surface area contributed by atoms with E-state index < -0.39 is 0 Å². The smallest absolute Gasteiger partial charge is 0.255 e. The molecule has 0 aliphatic heterocycles. The van der Waals surface area contributed by atoms with Crippen molar-refractivity contribution < 1.29 is 4.79 Å². The van der Waals surface area contributed by atoms with Crippen LogP contribution in [0.1, 0.15) is 60.5 Å². The molecular formula is C22H26ClNO. The number of carbonyl (C=O) groups is 1. The zero-order valence-corrected chi connectivity index (χ0v) is 15.7. The summed E-state index contributed by atoms with van der Waals surface area (Å²) in [6.45, 7) is 4.16. The fraction of sp³-hybridized carbons (Fsp3) is 0.318. The maximum Gasteiger partial charge on any atom is 0.255 e. The van der Waals surface area contributed by atoms with Crippen molar-refractivity contribution in [1.29, 1.82) is 0 Å². The highest BCUT2D eigenvalue weighted by Crippen LogP contribution is 2.26. The van der Waals surface area contributed by atoms with E-state index in [-0.39, 0.29) is 5.91 Å². The first-order valence-electron chi connectivity index (χ1n) is 8.88. The number of amides is 1. The Morgan fingerprint density at radius 2 is 1.92 bits per heavy atom. The molecule has 2 nitrogen and oxygen atoms in total. The average Bonchev–Trinajstić information content (AvgIpc) is 2.62. The molecule has 0 fully saturated rings. The van der Waals surface area contributed by atoms with E-state index in [1.807, 2.05) is 55.5 Å². The summed E-state index contributed by atoms with van der Waals surface area (Å²) in [5.74, 6) is 1.04. The minimum atomic E-state index is -0.0893. The highest BCUT2D eigenvalue weighted by atomic mass is 35.5. The molecule has 1 amide bonds. The van der Waals surface area contributed by atoms with Crippen molar-refractivity contribution in [3.05, 3.63) is 71.3 Å². The zero-order valence-electron chi connectivity index (χ0n) is 15.0. The molecule has 0 aliphatic carbocycles. The molecule has 3 heteroatoms. The van der Waals surface area contributed by atoms with Crippen LogP contribution in [-0.2, 0) is 0 Å². The summed E-state index contributed by atoms with van der Waals surface area (Å²) in [6, 6.07) is 15.7. The summed E-state index contributed by atoms with van der Waals surface area (Å²) in [5, 5.41) is 2.96. The highest BCUT2D eigenvalue weighted by Gasteiger charge is 2.12. The van der Waals surface area contributed by atoms with Crippen molar-refractivity contribution in [2.45, 2.75) is 39.0 Å². The Labute approximate surface area is 155 Å². The van der Waals surface area contributed by atoms with Crippen molar-refractivity contribution in [3.63, 3.8) is 0 Å². The molecule has 2 aromatic rings. The van der Waals surface area contributed by atoms with Gasteiger partial charge in [-0.25, -0.2) is 0 Å². The molecule has 0 spiro atoms. The van der Waals surface area contributed by atoms with Crippen molar-refractivity contribution in [2.75, 3.05) is 11.2 Å². The SMILES string of the molecule is CC=Cc1cccc(NC(=O)c2ccc(C(CCC)CCCl)cc2)c1. The second-order valence-electron chi connectivity index (χ2n) is 6.16. The largest absolute Gasteiger partial charge is 0.322 e. The van der Waals surface area contributed by atoms with Crippen molar-refractivity contribution in [2.24, 2.45) is 0 Å². The van der Waals surface area contributed by atoms with Gasteiger partial charge in [0.1, 0.15) is 0 Å². The van der Waals surface area contributed by atoms with Gasteiger partial charge in [0.2, 0.25) is 0 Å². The molecule has 1 N–H and O–H groups in total. The summed E-state index contributed by atoms with van der Waals surface area (Å²) in [5.41, 5.74) is 3.80. The Kier molecular flexibility index (Phi) is 7.75. The first-order chi connectivity index (χ1) is 12.2. The Morgan fingerprint density at radius 3 is 2.56 bits per heavy atom. The fourth-order valence-electron chi connectivity index (χ4n) is 2.98. The fourth-order valence-corrected chi connectivity index (χ4v) is 3.24. The quantitative estimate of drug-likeness (QED) is 0.539. The van der Waals surface area contributed by atoms with Crippen LogP contribution >= 0.6 is 11.6 Å². The van der Waals surface area contributed by atoms with Gasteiger partial charge in [-0.2, -0.15) is 0 Å². The molecule has 0 bridgehead atoms. The summed E-state index contributed by atoms with van der Waals surface area (Å²) in [6.07, 6.45) is 7.21. The van der Waals surface area contributed by atoms with E-state index in [4.69, 9.17) is 11.6 Å². The lowest BCUT2D eigenvalue weighted by Gasteiger charge is -2.15. The number of hydrogen-bond donors (Lipinski definition) is 1. The molecular weight excluding hydrogens is 330 g/mol. The monoisotopic (exact) mass is 355 g/mol. The Bertz CT molecular complexity index is 700. The zero-order chi connectivity index (χ0) is 18.1. The minimum Gasteiger partial charge on any atom is -0.322 e. The Balaban J connectivity index is 2.08. The number of alkyl halides is 1. The topological polar surface area (TPSA) is 29.1 Å². The highest BCUT2D eigenvalue weighted by molar-refractivity contribution is 6.17. The van der Waals surface area contributed by atoms with Crippen LogP contribution < -0.4 is 5.32 Å². The van der Waals surface area contributed by atoms with Crippen LogP contribution in [0.5, 0.6) is 0 Å². The molecule has 2 rings (SSSR count). The van der Waals surface area contributed by atoms with E-state index in [2.05, 4.69) is 24.4 Å². The van der Waals surface area contributed by atoms with Gasteiger partial charge >= 0.3 is 0 Å². The van der Waals surface area contributed by atoms with Gasteiger partial charge in [0.15, 0.2) is 0 Å². The van der Waals surface area contributed by atoms with Crippen LogP contribution in [-0.4, -0.2) is 11.8 Å². The molecule has 25 heavy (non-hydrogen) atoms. The number of nitrogens with one attached hydrogen (secondary N) is 1. The van der Waals surface area contributed by atoms with Gasteiger partial charge in [0.25, 0.3) is 5.91 Å². The molecule has 1 unspecified atom stereocenters. The molecule has 1 atom stereocenters. The van der Waals surface area contributed by atoms with Crippen LogP contribution in [0.25, 0.3) is 6.08 Å². The predicted molar refractivity (Wildman–Crippen MR) is 109 cm³/mol. The summed E-state index contributed by atoms with van der Waals surface area (Å²) >= 11 is 5.92. The third-order valence-corrected chi connectivity index (χ3v) is 4.46. The maximum absolute atomic E-state index is 12.5. The van der Waals surface area contributed by atoms with E-state index in [1.54, 1.807) is 0 Å². The Morgan fingerprint density at radius 1 is 1.16 bits per heavy atom. The molecule has 0 saturated heterocycles. The van der Waals surface area contributed by atoms with Crippen LogP contribution in [0.3, 0.4) is 0 Å². The van der Waals surface area contributed by atoms with E-state index in [9.17, 15) is 4.79 Å². The number of hydrogen-bond acceptors (Lipinski definition) is 1. The average molecular weight is 356 g/mol. The number of carbonyl (C=O) groups excluding carboxylic acids is 1. The first kappa shape index (κ1) is 19.3. The summed E-state index contributed by atoms with van der Waals surface area (Å²) in [7, 11) is 0. The lowest BCUT2D eigenvalue weighted by Crippen LogP contribution is -2.12. The molecule has 0 saturated carbocycles. The van der Waals surface area contributed by atoms with Crippen molar-refractivity contribution in [1.82, 2.24) is 0 Å². The second-order valence-corrected chi connectivity index (χ2v) is 6.54. The van der Waals surface area contributed by atoms with Crippen LogP contribution in [0.15, 0.2) is 54.6 Å². The van der Waals surface area contributed by atoms with Gasteiger partial charge in [0, 0.05) is 17.1 Å². The van der Waals surface area contributed by atoms with Gasteiger partial charge in [-0.15, -0.1) is 11.6 Å². The van der Waals surface area contributed by atoms with Crippen molar-refractivity contribution in [3.8, 4) is 0 Å². The van der Waals surface area contributed by atoms with Crippen molar-refractivity contribution >= 4 is 29.3 Å². The van der Waals surface area contributed by atoms with Gasteiger partial charge in [0.05, 0.1) is 0 Å². The molecule has 132 valence electrons. The van der Waals surface area contributed by atoms with E-state index in [0.29, 0.717) is 17.4 Å². The number of benzene rings is 2. The number of halogens is 1. The number of allylic oxidation sites excluding steroid dienone is 1. The third-order valence-electron chi connectivity index (χ3n) is 4.24. The third kappa shape index (κ3) is 5.75. The Hall–Kier alpha value is -2.06. The molecule has 0 aliphatic rings. The summed E-state index contributed by atoms with van der Waals surface area (Å²) in [4.78, 5) is 12.5. The molecule has 0 aromatic heterocycles. The van der Waals surface area contributed by atoms with Gasteiger partial charge in [-0.05, 0) is 61.1 Å². The normalized spacial score (nSPS) is 12.3. The second kappa shape index (κ2) is 10.0. The first-order valence-corrected chi connectivity index (χ1v) is 9.41. The standard InChI is InChI=1S/C22H26ClNO/c1-3-6-17-8-5-9-21(16-17)24-22(25)20-12-10-19(11-13-20)18(7-4-2)14-15-23/h3,5-6,8-13,16,18H,4,7,14-15H2,1-2H3,(H,24,25). The van der Waals surface area contributed by atoms with E-state index in [1.165, 1.54) is 5.56 Å². The van der Waals surface area contributed by atoms with E-state index >= 15 is 0 Å². The van der Waals surface area contributed by atoms with Crippen LogP contribution in [0.4, 0.5) is 5.69 Å². The molecule has 2 aromatic carbocycles. The molecule has 0 heterocycles.